The van der Waals surface area contributed by atoms with Gasteiger partial charge < -0.3 is 5.32 Å². The van der Waals surface area contributed by atoms with Gasteiger partial charge in [0.05, 0.1) is 0 Å². The van der Waals surface area contributed by atoms with E-state index in [0.717, 1.165) is 13.1 Å². The van der Waals surface area contributed by atoms with Gasteiger partial charge in [-0.05, 0) is 48.3 Å². The second-order valence-corrected chi connectivity index (χ2v) is 6.77. The number of nitrogens with zero attached hydrogens (tertiary/aromatic N) is 1. The molecule has 1 N–H and O–H groups in total. The van der Waals surface area contributed by atoms with Gasteiger partial charge in [-0.15, -0.1) is 11.3 Å². The van der Waals surface area contributed by atoms with Gasteiger partial charge in [0.2, 0.25) is 0 Å². The Bertz CT molecular complexity index is 353. The second kappa shape index (κ2) is 6.32. The molecule has 96 valence electrons. The highest BCUT2D eigenvalue weighted by Gasteiger charge is 2.22. The van der Waals surface area contributed by atoms with Crippen LogP contribution in [0.1, 0.15) is 31.6 Å². The molecule has 1 saturated heterocycles. The zero-order valence-corrected chi connectivity index (χ0v) is 13.0. The molecule has 2 rings (SSSR count). The molecule has 1 aliphatic rings. The van der Waals surface area contributed by atoms with Crippen LogP contribution in [0.2, 0.25) is 0 Å². The lowest BCUT2D eigenvalue weighted by molar-refractivity contribution is 0.196. The first-order chi connectivity index (χ1) is 8.19. The van der Waals surface area contributed by atoms with Crippen LogP contribution < -0.4 is 5.32 Å². The summed E-state index contributed by atoms with van der Waals surface area (Å²) in [6.45, 7) is 8.04. The molecule has 1 aromatic heterocycles. The standard InChI is InChI=1S/C13H21BrN2S/c1-3-12-7-16(10(2)4-5-15-12)8-13-6-11(14)9-17-13/h6,9-10,12,15H,3-5,7-8H2,1-2H3. The molecule has 2 heterocycles. The molecule has 1 fully saturated rings. The van der Waals surface area contributed by atoms with E-state index in [-0.39, 0.29) is 0 Å². The third-order valence-electron chi connectivity index (χ3n) is 3.55. The molecule has 2 atom stereocenters. The molecular weight excluding hydrogens is 296 g/mol. The van der Waals surface area contributed by atoms with Gasteiger partial charge in [-0.2, -0.15) is 0 Å². The summed E-state index contributed by atoms with van der Waals surface area (Å²) in [6.07, 6.45) is 2.47. The maximum atomic E-state index is 3.64. The minimum atomic E-state index is 0.656. The van der Waals surface area contributed by atoms with Gasteiger partial charge in [-0.1, -0.05) is 6.92 Å². The lowest BCUT2D eigenvalue weighted by atomic mass is 10.2. The van der Waals surface area contributed by atoms with E-state index in [1.807, 2.05) is 11.3 Å². The molecule has 2 unspecified atom stereocenters. The van der Waals surface area contributed by atoms with Gasteiger partial charge in [0.15, 0.2) is 0 Å². The lowest BCUT2D eigenvalue weighted by Crippen LogP contribution is -2.39. The van der Waals surface area contributed by atoms with Gasteiger partial charge in [0.25, 0.3) is 0 Å². The van der Waals surface area contributed by atoms with Crippen molar-refractivity contribution in [2.75, 3.05) is 13.1 Å². The molecule has 1 aliphatic heterocycles. The van der Waals surface area contributed by atoms with Gasteiger partial charge >= 0.3 is 0 Å². The topological polar surface area (TPSA) is 15.3 Å². The second-order valence-electron chi connectivity index (χ2n) is 4.86. The summed E-state index contributed by atoms with van der Waals surface area (Å²) >= 11 is 5.38. The van der Waals surface area contributed by atoms with Crippen LogP contribution in [0.15, 0.2) is 15.9 Å². The van der Waals surface area contributed by atoms with Crippen LogP contribution in [0.4, 0.5) is 0 Å². The molecule has 17 heavy (non-hydrogen) atoms. The molecule has 0 radical (unpaired) electrons. The molecule has 0 spiro atoms. The Morgan fingerprint density at radius 3 is 3.06 bits per heavy atom. The van der Waals surface area contributed by atoms with Crippen LogP contribution in [0.3, 0.4) is 0 Å². The van der Waals surface area contributed by atoms with Crippen molar-refractivity contribution in [2.24, 2.45) is 0 Å². The minimum Gasteiger partial charge on any atom is -0.313 e. The Morgan fingerprint density at radius 2 is 2.41 bits per heavy atom. The van der Waals surface area contributed by atoms with E-state index in [9.17, 15) is 0 Å². The number of hydrogen-bond acceptors (Lipinski definition) is 3. The molecule has 0 saturated carbocycles. The molecule has 0 bridgehead atoms. The van der Waals surface area contributed by atoms with Crippen LogP contribution >= 0.6 is 27.3 Å². The van der Waals surface area contributed by atoms with E-state index >= 15 is 0 Å². The maximum Gasteiger partial charge on any atom is 0.0331 e. The average Bonchev–Trinajstić information content (AvgIpc) is 2.62. The molecule has 0 amide bonds. The summed E-state index contributed by atoms with van der Waals surface area (Å²) in [4.78, 5) is 4.08. The summed E-state index contributed by atoms with van der Waals surface area (Å²) in [6, 6.07) is 3.58. The molecule has 4 heteroatoms. The number of nitrogens with one attached hydrogen (secondary N) is 1. The van der Waals surface area contributed by atoms with Crippen molar-refractivity contribution in [3.63, 3.8) is 0 Å². The van der Waals surface area contributed by atoms with E-state index in [2.05, 4.69) is 51.4 Å². The van der Waals surface area contributed by atoms with E-state index in [0.29, 0.717) is 12.1 Å². The fourth-order valence-corrected chi connectivity index (χ4v) is 3.81. The predicted octanol–water partition coefficient (Wildman–Crippen LogP) is 3.47. The van der Waals surface area contributed by atoms with E-state index in [1.54, 1.807) is 0 Å². The van der Waals surface area contributed by atoms with Gasteiger partial charge in [0.1, 0.15) is 0 Å². The molecule has 1 aromatic rings. The van der Waals surface area contributed by atoms with E-state index in [4.69, 9.17) is 0 Å². The third-order valence-corrected chi connectivity index (χ3v) is 5.23. The zero-order valence-electron chi connectivity index (χ0n) is 10.6. The summed E-state index contributed by atoms with van der Waals surface area (Å²) in [5.74, 6) is 0. The summed E-state index contributed by atoms with van der Waals surface area (Å²) in [5.41, 5.74) is 0. The predicted molar refractivity (Wildman–Crippen MR) is 78.6 cm³/mol. The Balaban J connectivity index is 2.01. The first-order valence-corrected chi connectivity index (χ1v) is 8.06. The third kappa shape index (κ3) is 3.78. The van der Waals surface area contributed by atoms with Gasteiger partial charge in [0, 0.05) is 39.9 Å². The number of hydrogen-bond donors (Lipinski definition) is 1. The SMILES string of the molecule is CCC1CN(Cc2cc(Br)cs2)C(C)CCN1. The highest BCUT2D eigenvalue weighted by Crippen LogP contribution is 2.23. The normalized spacial score (nSPS) is 27.0. The fourth-order valence-electron chi connectivity index (χ4n) is 2.34. The largest absolute Gasteiger partial charge is 0.313 e. The highest BCUT2D eigenvalue weighted by atomic mass is 79.9. The number of halogens is 1. The minimum absolute atomic E-state index is 0.656. The molecule has 0 aromatic carbocycles. The first kappa shape index (κ1) is 13.5. The zero-order chi connectivity index (χ0) is 12.3. The van der Waals surface area contributed by atoms with Crippen molar-refractivity contribution in [3.8, 4) is 0 Å². The molecule has 0 aliphatic carbocycles. The van der Waals surface area contributed by atoms with Crippen molar-refractivity contribution < 1.29 is 0 Å². The monoisotopic (exact) mass is 316 g/mol. The van der Waals surface area contributed by atoms with Gasteiger partial charge in [-0.25, -0.2) is 0 Å². The van der Waals surface area contributed by atoms with E-state index < -0.39 is 0 Å². The van der Waals surface area contributed by atoms with E-state index in [1.165, 1.54) is 28.7 Å². The lowest BCUT2D eigenvalue weighted by Gasteiger charge is -2.28. The fraction of sp³-hybridized carbons (Fsp3) is 0.692. The van der Waals surface area contributed by atoms with Crippen molar-refractivity contribution in [1.82, 2.24) is 10.2 Å². The maximum absolute atomic E-state index is 3.64. The van der Waals surface area contributed by atoms with Gasteiger partial charge in [-0.3, -0.25) is 4.90 Å². The van der Waals surface area contributed by atoms with Crippen LogP contribution in [-0.2, 0) is 6.54 Å². The van der Waals surface area contributed by atoms with Crippen molar-refractivity contribution in [3.05, 3.63) is 20.8 Å². The van der Waals surface area contributed by atoms with Crippen LogP contribution in [0, 0.1) is 0 Å². The van der Waals surface area contributed by atoms with Crippen LogP contribution in [-0.4, -0.2) is 30.1 Å². The highest BCUT2D eigenvalue weighted by molar-refractivity contribution is 9.10. The summed E-state index contributed by atoms with van der Waals surface area (Å²) in [5, 5.41) is 5.81. The Morgan fingerprint density at radius 1 is 1.59 bits per heavy atom. The average molecular weight is 317 g/mol. The van der Waals surface area contributed by atoms with Crippen LogP contribution in [0.5, 0.6) is 0 Å². The van der Waals surface area contributed by atoms with Crippen LogP contribution in [0.25, 0.3) is 0 Å². The Labute approximate surface area is 117 Å². The Kier molecular flexibility index (Phi) is 5.03. The summed E-state index contributed by atoms with van der Waals surface area (Å²) < 4.78 is 1.21. The smallest absolute Gasteiger partial charge is 0.0331 e. The Hall–Kier alpha value is 0.1000. The quantitative estimate of drug-likeness (QED) is 0.918. The van der Waals surface area contributed by atoms with Crippen molar-refractivity contribution in [1.29, 1.82) is 0 Å². The molecule has 2 nitrogen and oxygen atoms in total. The van der Waals surface area contributed by atoms with Crippen molar-refractivity contribution >= 4 is 27.3 Å². The molecular formula is C13H21BrN2S. The first-order valence-electron chi connectivity index (χ1n) is 6.39. The number of thiophene rings is 1. The number of rotatable bonds is 3. The summed E-state index contributed by atoms with van der Waals surface area (Å²) in [7, 11) is 0. The van der Waals surface area contributed by atoms with Crippen molar-refractivity contribution in [2.45, 2.75) is 45.3 Å².